The van der Waals surface area contributed by atoms with Crippen molar-refractivity contribution in [2.24, 2.45) is 0 Å². The average molecular weight is 217 g/mol. The van der Waals surface area contributed by atoms with Crippen molar-refractivity contribution in [3.8, 4) is 0 Å². The van der Waals surface area contributed by atoms with Crippen molar-refractivity contribution in [1.82, 2.24) is 4.98 Å². The van der Waals surface area contributed by atoms with E-state index in [9.17, 15) is 4.79 Å². The zero-order valence-electron chi connectivity index (χ0n) is 9.45. The molecule has 0 saturated carbocycles. The maximum atomic E-state index is 10.8. The highest BCUT2D eigenvalue weighted by molar-refractivity contribution is 5.93. The van der Waals surface area contributed by atoms with E-state index in [2.05, 4.69) is 31.0 Å². The molecule has 1 unspecified atom stereocenters. The van der Waals surface area contributed by atoms with Gasteiger partial charge in [-0.1, -0.05) is 19.9 Å². The number of carboxylic acid groups (broad SMARTS) is 1. The summed E-state index contributed by atoms with van der Waals surface area (Å²) in [5.41, 5.74) is 2.38. The maximum Gasteiger partial charge on any atom is 0.352 e. The predicted molar refractivity (Wildman–Crippen MR) is 64.0 cm³/mol. The summed E-state index contributed by atoms with van der Waals surface area (Å²) in [5.74, 6) is -0.408. The number of fused-ring (bicyclic) bond motifs is 1. The van der Waals surface area contributed by atoms with Crippen LogP contribution in [0.4, 0.5) is 0 Å². The van der Waals surface area contributed by atoms with Gasteiger partial charge in [0.1, 0.15) is 5.69 Å². The third kappa shape index (κ3) is 1.81. The van der Waals surface area contributed by atoms with Gasteiger partial charge in [-0.15, -0.1) is 0 Å². The van der Waals surface area contributed by atoms with Gasteiger partial charge in [0.25, 0.3) is 0 Å². The molecule has 1 atom stereocenters. The number of aromatic nitrogens is 1. The number of aromatic amines is 1. The Morgan fingerprint density at radius 2 is 2.19 bits per heavy atom. The van der Waals surface area contributed by atoms with Crippen LogP contribution in [0.25, 0.3) is 10.9 Å². The normalized spacial score (nSPS) is 12.9. The molecule has 3 nitrogen and oxygen atoms in total. The Kier molecular flexibility index (Phi) is 2.69. The Labute approximate surface area is 94.1 Å². The van der Waals surface area contributed by atoms with Gasteiger partial charge in [-0.25, -0.2) is 4.79 Å². The Bertz CT molecular complexity index is 528. The predicted octanol–water partition coefficient (Wildman–Crippen LogP) is 3.38. The van der Waals surface area contributed by atoms with Crippen LogP contribution in [0, 0.1) is 0 Å². The SMILES string of the molecule is CCC(C)c1ccc2[nH]c(C(=O)O)cc2c1. The number of nitrogens with one attached hydrogen (secondary N) is 1. The molecule has 2 N–H and O–H groups in total. The van der Waals surface area contributed by atoms with Gasteiger partial charge in [0.05, 0.1) is 0 Å². The summed E-state index contributed by atoms with van der Waals surface area (Å²) in [4.78, 5) is 13.7. The number of hydrogen-bond acceptors (Lipinski definition) is 1. The van der Waals surface area contributed by atoms with Crippen LogP contribution in [-0.2, 0) is 0 Å². The summed E-state index contributed by atoms with van der Waals surface area (Å²) < 4.78 is 0. The lowest BCUT2D eigenvalue weighted by Crippen LogP contribution is -1.94. The number of benzene rings is 1. The molecule has 0 fully saturated rings. The number of hydrogen-bond donors (Lipinski definition) is 2. The van der Waals surface area contributed by atoms with E-state index >= 15 is 0 Å². The highest BCUT2D eigenvalue weighted by atomic mass is 16.4. The van der Waals surface area contributed by atoms with E-state index in [4.69, 9.17) is 5.11 Å². The first-order valence-electron chi connectivity index (χ1n) is 5.47. The van der Waals surface area contributed by atoms with Crippen molar-refractivity contribution in [3.63, 3.8) is 0 Å². The van der Waals surface area contributed by atoms with Gasteiger partial charge in [0.15, 0.2) is 0 Å². The molecule has 2 aromatic rings. The van der Waals surface area contributed by atoms with Gasteiger partial charge in [0, 0.05) is 10.9 Å². The second kappa shape index (κ2) is 4.00. The minimum atomic E-state index is -0.915. The molecule has 2 rings (SSSR count). The molecule has 0 bridgehead atoms. The van der Waals surface area contributed by atoms with Gasteiger partial charge >= 0.3 is 5.97 Å². The van der Waals surface area contributed by atoms with E-state index < -0.39 is 5.97 Å². The lowest BCUT2D eigenvalue weighted by molar-refractivity contribution is 0.0691. The van der Waals surface area contributed by atoms with Gasteiger partial charge in [-0.05, 0) is 36.1 Å². The first kappa shape index (κ1) is 10.7. The van der Waals surface area contributed by atoms with Crippen molar-refractivity contribution in [1.29, 1.82) is 0 Å². The summed E-state index contributed by atoms with van der Waals surface area (Å²) in [7, 11) is 0. The third-order valence-corrected chi connectivity index (χ3v) is 3.06. The first-order valence-corrected chi connectivity index (χ1v) is 5.47. The van der Waals surface area contributed by atoms with E-state index in [-0.39, 0.29) is 5.69 Å². The molecule has 84 valence electrons. The summed E-state index contributed by atoms with van der Waals surface area (Å²) in [6.45, 7) is 4.32. The minimum Gasteiger partial charge on any atom is -0.477 e. The van der Waals surface area contributed by atoms with Gasteiger partial charge < -0.3 is 10.1 Å². The molecule has 0 saturated heterocycles. The topological polar surface area (TPSA) is 53.1 Å². The Hall–Kier alpha value is -1.77. The quantitative estimate of drug-likeness (QED) is 0.828. The molecule has 1 heterocycles. The van der Waals surface area contributed by atoms with E-state index in [1.807, 2.05) is 6.07 Å². The molecule has 0 spiro atoms. The van der Waals surface area contributed by atoms with Gasteiger partial charge in [0.2, 0.25) is 0 Å². The van der Waals surface area contributed by atoms with Crippen LogP contribution >= 0.6 is 0 Å². The second-order valence-electron chi connectivity index (χ2n) is 4.14. The molecular weight excluding hydrogens is 202 g/mol. The van der Waals surface area contributed by atoms with Crippen molar-refractivity contribution >= 4 is 16.9 Å². The summed E-state index contributed by atoms with van der Waals surface area (Å²) in [6.07, 6.45) is 1.09. The molecule has 0 aliphatic rings. The van der Waals surface area contributed by atoms with E-state index in [0.29, 0.717) is 5.92 Å². The molecule has 0 amide bonds. The highest BCUT2D eigenvalue weighted by Crippen LogP contribution is 2.24. The fourth-order valence-electron chi connectivity index (χ4n) is 1.81. The third-order valence-electron chi connectivity index (χ3n) is 3.06. The molecule has 0 radical (unpaired) electrons. The lowest BCUT2D eigenvalue weighted by atomic mass is 9.98. The van der Waals surface area contributed by atoms with Crippen molar-refractivity contribution in [2.45, 2.75) is 26.2 Å². The fraction of sp³-hybridized carbons (Fsp3) is 0.308. The Balaban J connectivity index is 2.49. The zero-order valence-corrected chi connectivity index (χ0v) is 9.45. The van der Waals surface area contributed by atoms with Crippen LogP contribution in [0.5, 0.6) is 0 Å². The van der Waals surface area contributed by atoms with Crippen LogP contribution in [0.2, 0.25) is 0 Å². The molecule has 16 heavy (non-hydrogen) atoms. The summed E-state index contributed by atoms with van der Waals surface area (Å²) in [6, 6.07) is 7.75. The molecule has 3 heteroatoms. The van der Waals surface area contributed by atoms with E-state index in [1.54, 1.807) is 6.07 Å². The number of carbonyl (C=O) groups is 1. The Morgan fingerprint density at radius 1 is 1.44 bits per heavy atom. The first-order chi connectivity index (χ1) is 7.61. The summed E-state index contributed by atoms with van der Waals surface area (Å²) in [5, 5.41) is 9.85. The molecular formula is C13H15NO2. The Morgan fingerprint density at radius 3 is 2.81 bits per heavy atom. The van der Waals surface area contributed by atoms with Crippen molar-refractivity contribution in [3.05, 3.63) is 35.5 Å². The van der Waals surface area contributed by atoms with Crippen LogP contribution in [0.1, 0.15) is 42.2 Å². The van der Waals surface area contributed by atoms with Crippen molar-refractivity contribution in [2.75, 3.05) is 0 Å². The number of aromatic carboxylic acids is 1. The lowest BCUT2D eigenvalue weighted by Gasteiger charge is -2.08. The summed E-state index contributed by atoms with van der Waals surface area (Å²) >= 11 is 0. The molecule has 0 aliphatic heterocycles. The second-order valence-corrected chi connectivity index (χ2v) is 4.14. The minimum absolute atomic E-state index is 0.247. The van der Waals surface area contributed by atoms with Crippen LogP contribution in [0.3, 0.4) is 0 Å². The largest absolute Gasteiger partial charge is 0.477 e. The molecule has 1 aromatic carbocycles. The number of H-pyrrole nitrogens is 1. The van der Waals surface area contributed by atoms with Crippen molar-refractivity contribution < 1.29 is 9.90 Å². The van der Waals surface area contributed by atoms with Crippen LogP contribution in [-0.4, -0.2) is 16.1 Å². The smallest absolute Gasteiger partial charge is 0.352 e. The van der Waals surface area contributed by atoms with Crippen LogP contribution in [0.15, 0.2) is 24.3 Å². The maximum absolute atomic E-state index is 10.8. The average Bonchev–Trinajstić information content (AvgIpc) is 2.70. The number of rotatable bonds is 3. The zero-order chi connectivity index (χ0) is 11.7. The van der Waals surface area contributed by atoms with Gasteiger partial charge in [-0.3, -0.25) is 0 Å². The number of carboxylic acids is 1. The highest BCUT2D eigenvalue weighted by Gasteiger charge is 2.09. The molecule has 1 aromatic heterocycles. The van der Waals surface area contributed by atoms with Crippen LogP contribution < -0.4 is 0 Å². The van der Waals surface area contributed by atoms with E-state index in [0.717, 1.165) is 17.3 Å². The molecule has 0 aliphatic carbocycles. The fourth-order valence-corrected chi connectivity index (χ4v) is 1.81. The van der Waals surface area contributed by atoms with E-state index in [1.165, 1.54) is 5.56 Å². The van der Waals surface area contributed by atoms with Gasteiger partial charge in [-0.2, -0.15) is 0 Å². The standard InChI is InChI=1S/C13H15NO2/c1-3-8(2)9-4-5-11-10(6-9)7-12(14-11)13(15)16/h4-8,14H,3H2,1-2H3,(H,15,16). The monoisotopic (exact) mass is 217 g/mol.